The van der Waals surface area contributed by atoms with E-state index in [-0.39, 0.29) is 17.6 Å². The number of carbonyl (C=O) groups is 1. The fourth-order valence-electron chi connectivity index (χ4n) is 2.58. The van der Waals surface area contributed by atoms with Crippen molar-refractivity contribution in [3.05, 3.63) is 41.3 Å². The van der Waals surface area contributed by atoms with Gasteiger partial charge in [0.15, 0.2) is 5.13 Å². The van der Waals surface area contributed by atoms with Crippen LogP contribution in [0.5, 0.6) is 5.75 Å². The molecule has 2 aromatic heterocycles. The van der Waals surface area contributed by atoms with Crippen LogP contribution in [0.3, 0.4) is 0 Å². The Balaban J connectivity index is 1.62. The normalized spacial score (nSPS) is 12.2. The maximum Gasteiger partial charge on any atom is 0.387 e. The lowest BCUT2D eigenvalue weighted by Crippen LogP contribution is -2.25. The van der Waals surface area contributed by atoms with E-state index in [2.05, 4.69) is 25.1 Å². The first-order valence-corrected chi connectivity index (χ1v) is 9.39. The number of ether oxygens (including phenoxy) is 1. The molecule has 0 aliphatic heterocycles. The van der Waals surface area contributed by atoms with Gasteiger partial charge >= 0.3 is 6.61 Å². The third kappa shape index (κ3) is 4.89. The largest absolute Gasteiger partial charge is 0.435 e. The van der Waals surface area contributed by atoms with Gasteiger partial charge < -0.3 is 10.1 Å². The van der Waals surface area contributed by atoms with Crippen molar-refractivity contribution < 1.29 is 18.3 Å². The first-order valence-electron chi connectivity index (χ1n) is 8.51. The van der Waals surface area contributed by atoms with Gasteiger partial charge in [-0.15, -0.1) is 11.3 Å². The molecule has 0 radical (unpaired) electrons. The van der Waals surface area contributed by atoms with Crippen LogP contribution in [0.15, 0.2) is 29.6 Å². The highest BCUT2D eigenvalue weighted by atomic mass is 32.1. The number of nitrogens with one attached hydrogen (secondary N) is 1. The summed E-state index contributed by atoms with van der Waals surface area (Å²) < 4.78 is 30.5. The summed E-state index contributed by atoms with van der Waals surface area (Å²) in [6.45, 7) is 3.01. The van der Waals surface area contributed by atoms with E-state index in [1.54, 1.807) is 29.1 Å². The topological polar surface area (TPSA) is 81.9 Å². The molecule has 3 aromatic rings. The predicted molar refractivity (Wildman–Crippen MR) is 101 cm³/mol. The molecule has 0 saturated carbocycles. The lowest BCUT2D eigenvalue weighted by molar-refractivity contribution is -0.119. The fourth-order valence-corrected chi connectivity index (χ4v) is 3.30. The molecular weight excluding hydrogens is 388 g/mol. The van der Waals surface area contributed by atoms with Gasteiger partial charge in [-0.1, -0.05) is 6.92 Å². The fraction of sp³-hybridized carbons (Fsp3) is 0.333. The number of benzene rings is 1. The molecule has 0 saturated heterocycles. The van der Waals surface area contributed by atoms with Crippen molar-refractivity contribution in [2.75, 3.05) is 5.32 Å². The molecule has 0 aliphatic rings. The van der Waals surface area contributed by atoms with Gasteiger partial charge in [-0.2, -0.15) is 13.9 Å². The van der Waals surface area contributed by atoms with E-state index in [4.69, 9.17) is 0 Å². The first kappa shape index (κ1) is 19.9. The van der Waals surface area contributed by atoms with Crippen molar-refractivity contribution >= 4 is 22.4 Å². The molecule has 148 valence electrons. The molecule has 7 nitrogen and oxygen atoms in total. The summed E-state index contributed by atoms with van der Waals surface area (Å²) in [4.78, 5) is 21.0. The summed E-state index contributed by atoms with van der Waals surface area (Å²) in [5.74, 6) is 1.01. The Morgan fingerprint density at radius 2 is 1.96 bits per heavy atom. The Morgan fingerprint density at radius 1 is 1.25 bits per heavy atom. The van der Waals surface area contributed by atoms with Crippen LogP contribution in [-0.2, 0) is 11.3 Å². The molecule has 1 atom stereocenters. The van der Waals surface area contributed by atoms with E-state index in [9.17, 15) is 13.6 Å². The van der Waals surface area contributed by atoms with Gasteiger partial charge in [0, 0.05) is 10.9 Å². The van der Waals surface area contributed by atoms with Gasteiger partial charge in [-0.3, -0.25) is 4.79 Å². The van der Waals surface area contributed by atoms with E-state index >= 15 is 0 Å². The third-order valence-electron chi connectivity index (χ3n) is 3.97. The second kappa shape index (κ2) is 8.42. The van der Waals surface area contributed by atoms with E-state index in [1.807, 2.05) is 13.8 Å². The van der Waals surface area contributed by atoms with Gasteiger partial charge in [-0.25, -0.2) is 14.6 Å². The first-order chi connectivity index (χ1) is 13.3. The summed E-state index contributed by atoms with van der Waals surface area (Å²) in [6, 6.07) is 6.17. The van der Waals surface area contributed by atoms with Crippen LogP contribution in [-0.4, -0.2) is 32.3 Å². The molecule has 3 rings (SSSR count). The second-order valence-corrected chi connectivity index (χ2v) is 7.08. The number of anilines is 1. The molecular formula is C18H19F2N5O2S. The zero-order valence-corrected chi connectivity index (χ0v) is 16.3. The Bertz CT molecular complexity index is 955. The van der Waals surface area contributed by atoms with E-state index in [1.165, 1.54) is 23.5 Å². The quantitative estimate of drug-likeness (QED) is 0.642. The van der Waals surface area contributed by atoms with Gasteiger partial charge in [0.1, 0.15) is 17.4 Å². The Morgan fingerprint density at radius 3 is 2.57 bits per heavy atom. The highest BCUT2D eigenvalue weighted by Gasteiger charge is 2.17. The Kier molecular flexibility index (Phi) is 5.98. The monoisotopic (exact) mass is 407 g/mol. The summed E-state index contributed by atoms with van der Waals surface area (Å²) in [5, 5.41) is 9.31. The van der Waals surface area contributed by atoms with Gasteiger partial charge in [0.05, 0.1) is 18.2 Å². The lowest BCUT2D eigenvalue weighted by Gasteiger charge is -2.11. The smallest absolute Gasteiger partial charge is 0.387 e. The standard InChI is InChI=1S/C18H19F2N5O2S/c1-10(8-25-12(3)21-11(2)24-25)16(26)23-18-22-15(9-28-18)13-4-6-14(7-5-13)27-17(19)20/h4-7,9-10,17H,8H2,1-3H3,(H,22,23,26)/t10-/m1/s1. The van der Waals surface area contributed by atoms with Crippen LogP contribution in [0.1, 0.15) is 18.6 Å². The van der Waals surface area contributed by atoms with E-state index in [0.29, 0.717) is 23.2 Å². The van der Waals surface area contributed by atoms with Crippen molar-refractivity contribution in [3.63, 3.8) is 0 Å². The number of aromatic nitrogens is 4. The average molecular weight is 407 g/mol. The average Bonchev–Trinajstić information content (AvgIpc) is 3.21. The van der Waals surface area contributed by atoms with Crippen LogP contribution < -0.4 is 10.1 Å². The Hall–Kier alpha value is -2.88. The summed E-state index contributed by atoms with van der Waals surface area (Å²) in [5.41, 5.74) is 1.37. The number of nitrogens with zero attached hydrogens (tertiary/aromatic N) is 4. The molecule has 1 amide bonds. The Labute approximate surface area is 164 Å². The van der Waals surface area contributed by atoms with Crippen LogP contribution in [0, 0.1) is 19.8 Å². The van der Waals surface area contributed by atoms with Crippen molar-refractivity contribution in [2.24, 2.45) is 5.92 Å². The zero-order valence-electron chi connectivity index (χ0n) is 15.5. The number of thiazole rings is 1. The van der Waals surface area contributed by atoms with Crippen LogP contribution >= 0.6 is 11.3 Å². The number of hydrogen-bond donors (Lipinski definition) is 1. The summed E-state index contributed by atoms with van der Waals surface area (Å²) >= 11 is 1.29. The van der Waals surface area contributed by atoms with Crippen LogP contribution in [0.25, 0.3) is 11.3 Å². The predicted octanol–water partition coefficient (Wildman–Crippen LogP) is 3.89. The number of amides is 1. The highest BCUT2D eigenvalue weighted by molar-refractivity contribution is 7.14. The number of carbonyl (C=O) groups excluding carboxylic acids is 1. The van der Waals surface area contributed by atoms with Gasteiger partial charge in [0.2, 0.25) is 5.91 Å². The molecule has 0 aliphatic carbocycles. The second-order valence-electron chi connectivity index (χ2n) is 6.22. The number of alkyl halides is 2. The molecule has 0 fully saturated rings. The molecule has 28 heavy (non-hydrogen) atoms. The minimum Gasteiger partial charge on any atom is -0.435 e. The summed E-state index contributed by atoms with van der Waals surface area (Å²) in [6.07, 6.45) is 0. The van der Waals surface area contributed by atoms with Crippen molar-refractivity contribution in [2.45, 2.75) is 33.9 Å². The van der Waals surface area contributed by atoms with Crippen LogP contribution in [0.2, 0.25) is 0 Å². The molecule has 1 aromatic carbocycles. The number of rotatable bonds is 7. The number of hydrogen-bond acceptors (Lipinski definition) is 6. The maximum absolute atomic E-state index is 12.4. The van der Waals surface area contributed by atoms with Crippen molar-refractivity contribution in [1.29, 1.82) is 0 Å². The van der Waals surface area contributed by atoms with Crippen LogP contribution in [0.4, 0.5) is 13.9 Å². The minimum absolute atomic E-state index is 0.0787. The molecule has 10 heteroatoms. The van der Waals surface area contributed by atoms with Gasteiger partial charge in [0.25, 0.3) is 0 Å². The van der Waals surface area contributed by atoms with E-state index < -0.39 is 6.61 Å². The van der Waals surface area contributed by atoms with E-state index in [0.717, 1.165) is 11.4 Å². The minimum atomic E-state index is -2.86. The SMILES string of the molecule is Cc1nc(C)n(C[C@@H](C)C(=O)Nc2nc(-c3ccc(OC(F)F)cc3)cs2)n1. The maximum atomic E-state index is 12.4. The van der Waals surface area contributed by atoms with Gasteiger partial charge in [-0.05, 0) is 38.1 Å². The lowest BCUT2D eigenvalue weighted by atomic mass is 10.1. The number of aryl methyl sites for hydroxylation is 2. The van der Waals surface area contributed by atoms with Crippen molar-refractivity contribution in [1.82, 2.24) is 19.7 Å². The number of halogens is 2. The molecule has 0 unspecified atom stereocenters. The molecule has 2 heterocycles. The van der Waals surface area contributed by atoms with Crippen molar-refractivity contribution in [3.8, 4) is 17.0 Å². The third-order valence-corrected chi connectivity index (χ3v) is 4.72. The highest BCUT2D eigenvalue weighted by Crippen LogP contribution is 2.27. The molecule has 1 N–H and O–H groups in total. The summed E-state index contributed by atoms with van der Waals surface area (Å²) in [7, 11) is 0. The molecule has 0 bridgehead atoms. The zero-order chi connectivity index (χ0) is 20.3. The molecule has 0 spiro atoms.